The first kappa shape index (κ1) is 11.9. The second-order valence-electron chi connectivity index (χ2n) is 5.49. The second-order valence-corrected chi connectivity index (χ2v) is 5.90. The molecule has 16 heavy (non-hydrogen) atoms. The molecule has 1 nitrogen and oxygen atoms in total. The summed E-state index contributed by atoms with van der Waals surface area (Å²) >= 11 is 6.19. The Labute approximate surface area is 103 Å². The van der Waals surface area contributed by atoms with Crippen molar-refractivity contribution in [2.75, 3.05) is 7.05 Å². The maximum Gasteiger partial charge on any atom is 0.0438 e. The Morgan fingerprint density at radius 2 is 2.06 bits per heavy atom. The fourth-order valence-corrected chi connectivity index (χ4v) is 2.75. The van der Waals surface area contributed by atoms with Gasteiger partial charge in [0, 0.05) is 11.1 Å². The van der Waals surface area contributed by atoms with Crippen LogP contribution in [0.25, 0.3) is 0 Å². The van der Waals surface area contributed by atoms with Crippen LogP contribution in [0.15, 0.2) is 24.3 Å². The molecule has 1 saturated carbocycles. The first-order valence-electron chi connectivity index (χ1n) is 5.95. The van der Waals surface area contributed by atoms with Gasteiger partial charge in [0.05, 0.1) is 0 Å². The zero-order valence-electron chi connectivity index (χ0n) is 10.3. The third-order valence-electron chi connectivity index (χ3n) is 3.84. The van der Waals surface area contributed by atoms with Crippen LogP contribution in [0, 0.1) is 11.3 Å². The molecular weight excluding hydrogens is 218 g/mol. The van der Waals surface area contributed by atoms with Crippen molar-refractivity contribution in [3.8, 4) is 0 Å². The van der Waals surface area contributed by atoms with Gasteiger partial charge >= 0.3 is 0 Å². The first-order valence-corrected chi connectivity index (χ1v) is 6.33. The minimum absolute atomic E-state index is 0.509. The van der Waals surface area contributed by atoms with Crippen molar-refractivity contribution >= 4 is 11.6 Å². The van der Waals surface area contributed by atoms with Crippen molar-refractivity contribution in [2.45, 2.75) is 32.7 Å². The molecule has 0 saturated heterocycles. The molecule has 88 valence electrons. The summed E-state index contributed by atoms with van der Waals surface area (Å²) < 4.78 is 0. The molecule has 0 radical (unpaired) electrons. The van der Waals surface area contributed by atoms with E-state index in [9.17, 15) is 0 Å². The van der Waals surface area contributed by atoms with Gasteiger partial charge in [-0.25, -0.2) is 0 Å². The Hall–Kier alpha value is -0.530. The third kappa shape index (κ3) is 2.41. The molecule has 2 heteroatoms. The number of halogens is 1. The van der Waals surface area contributed by atoms with E-state index in [-0.39, 0.29) is 0 Å². The smallest absolute Gasteiger partial charge is 0.0438 e. The second kappa shape index (κ2) is 4.38. The molecule has 1 aromatic rings. The topological polar surface area (TPSA) is 12.0 Å². The molecule has 0 spiro atoms. The lowest BCUT2D eigenvalue weighted by Crippen LogP contribution is -2.31. The highest BCUT2D eigenvalue weighted by atomic mass is 35.5. The zero-order valence-corrected chi connectivity index (χ0v) is 11.0. The van der Waals surface area contributed by atoms with Gasteiger partial charge in [0.2, 0.25) is 0 Å². The Morgan fingerprint density at radius 3 is 2.56 bits per heavy atom. The first-order chi connectivity index (χ1) is 7.54. The molecule has 0 heterocycles. The summed E-state index contributed by atoms with van der Waals surface area (Å²) in [7, 11) is 2.05. The molecule has 1 fully saturated rings. The van der Waals surface area contributed by atoms with E-state index in [0.29, 0.717) is 11.5 Å². The van der Waals surface area contributed by atoms with Crippen LogP contribution in [0.5, 0.6) is 0 Å². The molecule has 0 aromatic heterocycles. The average Bonchev–Trinajstić information content (AvgIpc) is 2.86. The predicted molar refractivity (Wildman–Crippen MR) is 69.9 cm³/mol. The highest BCUT2D eigenvalue weighted by Gasteiger charge is 2.49. The molecule has 0 bridgehead atoms. The zero-order chi connectivity index (χ0) is 11.8. The van der Waals surface area contributed by atoms with E-state index in [4.69, 9.17) is 11.6 Å². The molecule has 2 unspecified atom stereocenters. The minimum Gasteiger partial charge on any atom is -0.316 e. The average molecular weight is 238 g/mol. The van der Waals surface area contributed by atoms with Crippen molar-refractivity contribution in [1.82, 2.24) is 5.32 Å². The van der Waals surface area contributed by atoms with Crippen LogP contribution in [0.3, 0.4) is 0 Å². The van der Waals surface area contributed by atoms with E-state index in [0.717, 1.165) is 17.4 Å². The van der Waals surface area contributed by atoms with Crippen LogP contribution in [-0.4, -0.2) is 13.1 Å². The van der Waals surface area contributed by atoms with Crippen LogP contribution in [0.4, 0.5) is 0 Å². The summed E-state index contributed by atoms with van der Waals surface area (Å²) in [5.41, 5.74) is 1.76. The number of hydrogen-bond donors (Lipinski definition) is 1. The Kier molecular flexibility index (Phi) is 3.27. The SMILES string of the molecule is CNC(Cc1ccccc1Cl)C1CC1(C)C. The molecule has 2 atom stereocenters. The fraction of sp³-hybridized carbons (Fsp3) is 0.571. The van der Waals surface area contributed by atoms with Crippen LogP contribution in [-0.2, 0) is 6.42 Å². The molecule has 1 N–H and O–H groups in total. The van der Waals surface area contributed by atoms with Gasteiger partial charge in [-0.3, -0.25) is 0 Å². The van der Waals surface area contributed by atoms with Crippen molar-refractivity contribution in [3.05, 3.63) is 34.9 Å². The highest BCUT2D eigenvalue weighted by Crippen LogP contribution is 2.54. The van der Waals surface area contributed by atoms with Crippen molar-refractivity contribution in [2.24, 2.45) is 11.3 Å². The summed E-state index contributed by atoms with van der Waals surface area (Å²) in [6.07, 6.45) is 2.35. The molecule has 1 aliphatic rings. The Morgan fingerprint density at radius 1 is 1.44 bits per heavy atom. The number of hydrogen-bond acceptors (Lipinski definition) is 1. The lowest BCUT2D eigenvalue weighted by Gasteiger charge is -2.18. The summed E-state index contributed by atoms with van der Waals surface area (Å²) in [6, 6.07) is 8.70. The van der Waals surface area contributed by atoms with E-state index in [2.05, 4.69) is 38.3 Å². The van der Waals surface area contributed by atoms with Crippen LogP contribution in [0.1, 0.15) is 25.8 Å². The number of nitrogens with one attached hydrogen (secondary N) is 1. The number of rotatable bonds is 4. The lowest BCUT2D eigenvalue weighted by molar-refractivity contribution is 0.426. The minimum atomic E-state index is 0.509. The molecule has 1 aliphatic carbocycles. The van der Waals surface area contributed by atoms with Gasteiger partial charge in [-0.1, -0.05) is 43.6 Å². The fourth-order valence-electron chi connectivity index (χ4n) is 2.54. The summed E-state index contributed by atoms with van der Waals surface area (Å²) in [6.45, 7) is 4.68. The summed E-state index contributed by atoms with van der Waals surface area (Å²) in [4.78, 5) is 0. The molecular formula is C14H20ClN. The molecule has 0 amide bonds. The van der Waals surface area contributed by atoms with Gasteiger partial charge in [0.1, 0.15) is 0 Å². The maximum atomic E-state index is 6.19. The van der Waals surface area contributed by atoms with Gasteiger partial charge in [0.15, 0.2) is 0 Å². The van der Waals surface area contributed by atoms with Crippen molar-refractivity contribution in [3.63, 3.8) is 0 Å². The largest absolute Gasteiger partial charge is 0.316 e. The Balaban J connectivity index is 2.06. The van der Waals surface area contributed by atoms with Crippen LogP contribution in [0.2, 0.25) is 5.02 Å². The van der Waals surface area contributed by atoms with E-state index in [1.807, 2.05) is 12.1 Å². The van der Waals surface area contributed by atoms with Gasteiger partial charge in [-0.2, -0.15) is 0 Å². The van der Waals surface area contributed by atoms with Crippen molar-refractivity contribution < 1.29 is 0 Å². The summed E-state index contributed by atoms with van der Waals surface area (Å²) in [5.74, 6) is 0.786. The van der Waals surface area contributed by atoms with Gasteiger partial charge in [-0.05, 0) is 42.9 Å². The quantitative estimate of drug-likeness (QED) is 0.845. The van der Waals surface area contributed by atoms with Crippen LogP contribution < -0.4 is 5.32 Å². The number of likely N-dealkylation sites (N-methyl/N-ethyl adjacent to an activating group) is 1. The van der Waals surface area contributed by atoms with Gasteiger partial charge < -0.3 is 5.32 Å². The standard InChI is InChI=1S/C14H20ClN/c1-14(2)9-11(14)13(16-3)8-10-6-4-5-7-12(10)15/h4-7,11,13,16H,8-9H2,1-3H3. The monoisotopic (exact) mass is 237 g/mol. The van der Waals surface area contributed by atoms with E-state index in [1.165, 1.54) is 12.0 Å². The highest BCUT2D eigenvalue weighted by molar-refractivity contribution is 6.31. The van der Waals surface area contributed by atoms with E-state index in [1.54, 1.807) is 0 Å². The normalized spacial score (nSPS) is 24.1. The predicted octanol–water partition coefficient (Wildman–Crippen LogP) is 3.52. The van der Waals surface area contributed by atoms with E-state index < -0.39 is 0 Å². The van der Waals surface area contributed by atoms with Gasteiger partial charge in [-0.15, -0.1) is 0 Å². The third-order valence-corrected chi connectivity index (χ3v) is 4.21. The van der Waals surface area contributed by atoms with E-state index >= 15 is 0 Å². The molecule has 2 rings (SSSR count). The summed E-state index contributed by atoms with van der Waals surface area (Å²) in [5, 5.41) is 4.33. The van der Waals surface area contributed by atoms with Gasteiger partial charge in [0.25, 0.3) is 0 Å². The molecule has 0 aliphatic heterocycles. The van der Waals surface area contributed by atoms with Crippen molar-refractivity contribution in [1.29, 1.82) is 0 Å². The Bertz CT molecular complexity index is 373. The maximum absolute atomic E-state index is 6.19. The molecule has 1 aromatic carbocycles. The lowest BCUT2D eigenvalue weighted by atomic mass is 9.97. The van der Waals surface area contributed by atoms with Crippen LogP contribution >= 0.6 is 11.6 Å². The number of benzene rings is 1.